The molecule has 2 N–H and O–H groups in total. The first-order valence-electron chi connectivity index (χ1n) is 6.35. The van der Waals surface area contributed by atoms with Crippen molar-refractivity contribution in [1.29, 1.82) is 0 Å². The molecule has 1 unspecified atom stereocenters. The van der Waals surface area contributed by atoms with Gasteiger partial charge in [-0.1, -0.05) is 6.92 Å². The van der Waals surface area contributed by atoms with E-state index >= 15 is 0 Å². The average molecular weight is 330 g/mol. The summed E-state index contributed by atoms with van der Waals surface area (Å²) in [5, 5.41) is 8.97. The van der Waals surface area contributed by atoms with Crippen LogP contribution in [0.3, 0.4) is 0 Å². The van der Waals surface area contributed by atoms with Crippen LogP contribution in [0.2, 0.25) is 0 Å². The third-order valence-corrected chi connectivity index (χ3v) is 6.58. The summed E-state index contributed by atoms with van der Waals surface area (Å²) < 4.78 is 27.7. The second-order valence-electron chi connectivity index (χ2n) is 4.45. The Bertz CT molecular complexity index is 632. The van der Waals surface area contributed by atoms with Gasteiger partial charge in [0.15, 0.2) is 0 Å². The Hall–Kier alpha value is -0.730. The lowest BCUT2D eigenvalue weighted by Crippen LogP contribution is -2.26. The average Bonchev–Trinajstić information content (AvgIpc) is 3.07. The van der Waals surface area contributed by atoms with Gasteiger partial charge in [0.1, 0.15) is 4.21 Å². The molecule has 2 aromatic rings. The van der Waals surface area contributed by atoms with E-state index in [-0.39, 0.29) is 6.04 Å². The number of nitrogens with one attached hydrogen (secondary N) is 2. The van der Waals surface area contributed by atoms with E-state index in [0.717, 1.165) is 17.7 Å². The van der Waals surface area contributed by atoms with Crippen LogP contribution in [0.25, 0.3) is 0 Å². The Morgan fingerprint density at radius 3 is 2.80 bits per heavy atom. The molecule has 2 aromatic heterocycles. The van der Waals surface area contributed by atoms with Crippen molar-refractivity contribution < 1.29 is 8.42 Å². The van der Waals surface area contributed by atoms with Gasteiger partial charge in [0, 0.05) is 12.6 Å². The van der Waals surface area contributed by atoms with Crippen LogP contribution in [0, 0.1) is 0 Å². The number of rotatable bonds is 7. The fourth-order valence-corrected chi connectivity index (χ4v) is 4.95. The van der Waals surface area contributed by atoms with Gasteiger partial charge in [0.2, 0.25) is 0 Å². The fourth-order valence-electron chi connectivity index (χ4n) is 1.74. The maximum Gasteiger partial charge on any atom is 0.250 e. The van der Waals surface area contributed by atoms with E-state index in [9.17, 15) is 8.42 Å². The zero-order chi connectivity index (χ0) is 14.6. The first kappa shape index (κ1) is 15.7. The Balaban J connectivity index is 2.08. The third kappa shape index (κ3) is 3.89. The summed E-state index contributed by atoms with van der Waals surface area (Å²) in [6, 6.07) is 3.45. The first-order valence-corrected chi connectivity index (χ1v) is 9.66. The van der Waals surface area contributed by atoms with Crippen molar-refractivity contribution in [1.82, 2.24) is 10.0 Å². The van der Waals surface area contributed by atoms with Gasteiger partial charge in [-0.3, -0.25) is 0 Å². The summed E-state index contributed by atoms with van der Waals surface area (Å²) in [7, 11) is -3.44. The van der Waals surface area contributed by atoms with Crippen molar-refractivity contribution in [3.63, 3.8) is 0 Å². The highest BCUT2D eigenvalue weighted by atomic mass is 32.2. The summed E-state index contributed by atoms with van der Waals surface area (Å²) in [5.41, 5.74) is 1.99. The lowest BCUT2D eigenvalue weighted by molar-refractivity contribution is 0.569. The molecule has 0 aliphatic carbocycles. The molecule has 1 atom stereocenters. The molecule has 0 radical (unpaired) electrons. The molecular formula is C13H18N2O2S3. The van der Waals surface area contributed by atoms with Gasteiger partial charge in [-0.05, 0) is 52.9 Å². The predicted molar refractivity (Wildman–Crippen MR) is 84.8 cm³/mol. The van der Waals surface area contributed by atoms with Crippen molar-refractivity contribution in [2.75, 3.05) is 6.54 Å². The Morgan fingerprint density at radius 1 is 1.35 bits per heavy atom. The third-order valence-electron chi connectivity index (χ3n) is 2.85. The molecule has 0 fully saturated rings. The second-order valence-corrected chi connectivity index (χ2v) is 8.09. The standard InChI is InChI=1S/C13H18N2O2S3/c1-3-14-7-11-6-13(19-8-11)20(16,17)15-10(2)12-4-5-18-9-12/h4-6,8-10,14-15H,3,7H2,1-2H3. The van der Waals surface area contributed by atoms with Gasteiger partial charge < -0.3 is 5.32 Å². The number of hydrogen-bond acceptors (Lipinski definition) is 5. The molecule has 0 aliphatic heterocycles. The van der Waals surface area contributed by atoms with Crippen LogP contribution in [0.5, 0.6) is 0 Å². The van der Waals surface area contributed by atoms with Crippen molar-refractivity contribution in [2.45, 2.75) is 30.6 Å². The smallest absolute Gasteiger partial charge is 0.250 e. The predicted octanol–water partition coefficient (Wildman–Crippen LogP) is 2.96. The zero-order valence-electron chi connectivity index (χ0n) is 11.4. The van der Waals surface area contributed by atoms with Crippen molar-refractivity contribution >= 4 is 32.7 Å². The number of hydrogen-bond donors (Lipinski definition) is 2. The molecule has 0 spiro atoms. The molecule has 0 saturated carbocycles. The largest absolute Gasteiger partial charge is 0.313 e. The summed E-state index contributed by atoms with van der Waals surface area (Å²) in [6.45, 7) is 5.44. The van der Waals surface area contributed by atoms with E-state index in [1.54, 1.807) is 17.4 Å². The molecule has 0 saturated heterocycles. The van der Waals surface area contributed by atoms with Crippen molar-refractivity contribution in [3.8, 4) is 0 Å². The van der Waals surface area contributed by atoms with E-state index in [2.05, 4.69) is 10.0 Å². The quantitative estimate of drug-likeness (QED) is 0.820. The summed E-state index contributed by atoms with van der Waals surface area (Å²) in [6.07, 6.45) is 0. The van der Waals surface area contributed by atoms with Crippen molar-refractivity contribution in [2.24, 2.45) is 0 Å². The molecule has 0 amide bonds. The van der Waals surface area contributed by atoms with Gasteiger partial charge in [-0.2, -0.15) is 11.3 Å². The maximum atomic E-state index is 12.3. The van der Waals surface area contributed by atoms with Crippen LogP contribution < -0.4 is 10.0 Å². The van der Waals surface area contributed by atoms with Crippen LogP contribution in [-0.2, 0) is 16.6 Å². The van der Waals surface area contributed by atoms with Crippen molar-refractivity contribution in [3.05, 3.63) is 39.4 Å². The minimum Gasteiger partial charge on any atom is -0.313 e. The highest BCUT2D eigenvalue weighted by Gasteiger charge is 2.20. The Kier molecular flexibility index (Phi) is 5.34. The normalized spacial score (nSPS) is 13.5. The summed E-state index contributed by atoms with van der Waals surface area (Å²) in [4.78, 5) is 0. The van der Waals surface area contributed by atoms with Gasteiger partial charge in [0.05, 0.1) is 0 Å². The zero-order valence-corrected chi connectivity index (χ0v) is 13.9. The van der Waals surface area contributed by atoms with Crippen LogP contribution in [0.4, 0.5) is 0 Å². The van der Waals surface area contributed by atoms with Crippen LogP contribution in [0.1, 0.15) is 31.0 Å². The molecule has 4 nitrogen and oxygen atoms in total. The van der Waals surface area contributed by atoms with E-state index in [1.807, 2.05) is 36.1 Å². The highest BCUT2D eigenvalue weighted by Crippen LogP contribution is 2.23. The number of sulfonamides is 1. The van der Waals surface area contributed by atoms with Gasteiger partial charge in [-0.25, -0.2) is 13.1 Å². The maximum absolute atomic E-state index is 12.3. The lowest BCUT2D eigenvalue weighted by atomic mass is 10.2. The lowest BCUT2D eigenvalue weighted by Gasteiger charge is -2.11. The van der Waals surface area contributed by atoms with Gasteiger partial charge in [0.25, 0.3) is 10.0 Å². The topological polar surface area (TPSA) is 58.2 Å². The van der Waals surface area contributed by atoms with E-state index in [1.165, 1.54) is 11.3 Å². The highest BCUT2D eigenvalue weighted by molar-refractivity contribution is 7.91. The Morgan fingerprint density at radius 2 is 2.15 bits per heavy atom. The molecule has 2 rings (SSSR count). The Labute approximate surface area is 127 Å². The SMILES string of the molecule is CCNCc1csc(S(=O)(=O)NC(C)c2ccsc2)c1. The molecule has 110 valence electrons. The second kappa shape index (κ2) is 6.82. The van der Waals surface area contributed by atoms with Gasteiger partial charge in [-0.15, -0.1) is 11.3 Å². The molecular weight excluding hydrogens is 312 g/mol. The monoisotopic (exact) mass is 330 g/mol. The summed E-state index contributed by atoms with van der Waals surface area (Å²) >= 11 is 2.82. The van der Waals surface area contributed by atoms with Gasteiger partial charge >= 0.3 is 0 Å². The molecule has 20 heavy (non-hydrogen) atoms. The number of thiophene rings is 2. The summed E-state index contributed by atoms with van der Waals surface area (Å²) in [5.74, 6) is 0. The minimum absolute atomic E-state index is 0.217. The van der Waals surface area contributed by atoms with Crippen LogP contribution >= 0.6 is 22.7 Å². The molecule has 2 heterocycles. The van der Waals surface area contributed by atoms with E-state index < -0.39 is 10.0 Å². The van der Waals surface area contributed by atoms with E-state index in [4.69, 9.17) is 0 Å². The molecule has 0 aromatic carbocycles. The fraction of sp³-hybridized carbons (Fsp3) is 0.385. The molecule has 0 aliphatic rings. The van der Waals surface area contributed by atoms with E-state index in [0.29, 0.717) is 10.8 Å². The molecule has 0 bridgehead atoms. The first-order chi connectivity index (χ1) is 9.53. The minimum atomic E-state index is -3.44. The van der Waals surface area contributed by atoms with Crippen LogP contribution in [-0.4, -0.2) is 15.0 Å². The van der Waals surface area contributed by atoms with Crippen LogP contribution in [0.15, 0.2) is 32.5 Å². The molecule has 7 heteroatoms.